The first-order chi connectivity index (χ1) is 14.5. The van der Waals surface area contributed by atoms with Gasteiger partial charge >= 0.3 is 0 Å². The van der Waals surface area contributed by atoms with Crippen molar-refractivity contribution in [3.8, 4) is 0 Å². The Hall–Kier alpha value is -2.26. The topological polar surface area (TPSA) is 114 Å². The van der Waals surface area contributed by atoms with Crippen molar-refractivity contribution in [3.63, 3.8) is 0 Å². The second kappa shape index (κ2) is 9.08. The summed E-state index contributed by atoms with van der Waals surface area (Å²) in [6.07, 6.45) is 2.14. The maximum atomic E-state index is 12.5. The molecule has 0 bridgehead atoms. The number of nitrogens with zero attached hydrogens (tertiary/aromatic N) is 2. The predicted octanol–water partition coefficient (Wildman–Crippen LogP) is 3.43. The Balaban J connectivity index is 1.54. The Morgan fingerprint density at radius 3 is 2.39 bits per heavy atom. The van der Waals surface area contributed by atoms with E-state index in [1.165, 1.54) is 0 Å². The molecule has 0 spiro atoms. The molecular weight excluding hydrogens is 416 g/mol. The van der Waals surface area contributed by atoms with E-state index < -0.39 is 16.1 Å². The van der Waals surface area contributed by atoms with Crippen LogP contribution in [0.5, 0.6) is 0 Å². The van der Waals surface area contributed by atoms with Crippen LogP contribution in [0.4, 0.5) is 0 Å². The molecule has 1 aromatic carbocycles. The van der Waals surface area contributed by atoms with Crippen LogP contribution in [0.2, 0.25) is 0 Å². The maximum Gasteiger partial charge on any atom is 0.249 e. The van der Waals surface area contributed by atoms with Gasteiger partial charge in [-0.1, -0.05) is 51.9 Å². The van der Waals surface area contributed by atoms with Crippen LogP contribution < -0.4 is 10.0 Å². The first-order valence-electron chi connectivity index (χ1n) is 10.7. The number of hydrogen-bond acceptors (Lipinski definition) is 6. The highest BCUT2D eigenvalue weighted by molar-refractivity contribution is 7.89. The number of carbonyl (C=O) groups excluding carboxylic acids is 1. The number of benzene rings is 1. The predicted molar refractivity (Wildman–Crippen MR) is 117 cm³/mol. The molecular formula is C22H32N4O4S. The SMILES string of the molecule is CC(C)C(NC(=O)CCNS(=O)(=O)c1ccc(C(C)(C)C)cc1)c1nc(C2CC2)no1. The first kappa shape index (κ1) is 23.4. The van der Waals surface area contributed by atoms with E-state index in [0.29, 0.717) is 17.6 Å². The molecule has 170 valence electrons. The number of rotatable bonds is 9. The molecule has 2 aromatic rings. The summed E-state index contributed by atoms with van der Waals surface area (Å²) in [5.41, 5.74) is 0.995. The lowest BCUT2D eigenvalue weighted by Gasteiger charge is -2.19. The van der Waals surface area contributed by atoms with Gasteiger partial charge in [-0.3, -0.25) is 4.79 Å². The third-order valence-corrected chi connectivity index (χ3v) is 6.80. The second-order valence-electron chi connectivity index (χ2n) is 9.48. The number of sulfonamides is 1. The molecule has 1 heterocycles. The molecule has 0 radical (unpaired) electrons. The van der Waals surface area contributed by atoms with Gasteiger partial charge in [-0.15, -0.1) is 0 Å². The van der Waals surface area contributed by atoms with Crippen molar-refractivity contribution in [3.05, 3.63) is 41.5 Å². The van der Waals surface area contributed by atoms with Gasteiger partial charge in [0.1, 0.15) is 6.04 Å². The van der Waals surface area contributed by atoms with Gasteiger partial charge in [0.2, 0.25) is 21.8 Å². The summed E-state index contributed by atoms with van der Waals surface area (Å²) < 4.78 is 32.9. The molecule has 1 aromatic heterocycles. The van der Waals surface area contributed by atoms with Crippen LogP contribution in [0.25, 0.3) is 0 Å². The number of carbonyl (C=O) groups is 1. The van der Waals surface area contributed by atoms with Crippen LogP contribution in [0, 0.1) is 5.92 Å². The Morgan fingerprint density at radius 2 is 1.84 bits per heavy atom. The summed E-state index contributed by atoms with van der Waals surface area (Å²) in [7, 11) is -3.69. The standard InChI is InChI=1S/C22H32N4O4S/c1-14(2)19(21-25-20(26-30-21)15-6-7-15)24-18(27)12-13-23-31(28,29)17-10-8-16(9-11-17)22(3,4)5/h8-11,14-15,19,23H,6-7,12-13H2,1-5H3,(H,24,27). The quantitative estimate of drug-likeness (QED) is 0.607. The highest BCUT2D eigenvalue weighted by atomic mass is 32.2. The van der Waals surface area contributed by atoms with E-state index in [2.05, 4.69) is 41.0 Å². The van der Waals surface area contributed by atoms with Crippen LogP contribution in [0.1, 0.15) is 83.1 Å². The fraction of sp³-hybridized carbons (Fsp3) is 0.591. The van der Waals surface area contributed by atoms with E-state index in [1.807, 2.05) is 26.0 Å². The molecule has 1 saturated carbocycles. The number of nitrogens with one attached hydrogen (secondary N) is 2. The smallest absolute Gasteiger partial charge is 0.249 e. The minimum Gasteiger partial charge on any atom is -0.344 e. The van der Waals surface area contributed by atoms with Crippen LogP contribution in [-0.2, 0) is 20.2 Å². The van der Waals surface area contributed by atoms with Crippen molar-refractivity contribution >= 4 is 15.9 Å². The monoisotopic (exact) mass is 448 g/mol. The summed E-state index contributed by atoms with van der Waals surface area (Å²) in [5, 5.41) is 6.89. The molecule has 9 heteroatoms. The van der Waals surface area contributed by atoms with E-state index in [0.717, 1.165) is 18.4 Å². The largest absolute Gasteiger partial charge is 0.344 e. The fourth-order valence-corrected chi connectivity index (χ4v) is 4.19. The second-order valence-corrected chi connectivity index (χ2v) is 11.2. The van der Waals surface area contributed by atoms with E-state index in [9.17, 15) is 13.2 Å². The third-order valence-electron chi connectivity index (χ3n) is 5.32. The summed E-state index contributed by atoms with van der Waals surface area (Å²) in [4.78, 5) is 17.0. The summed E-state index contributed by atoms with van der Waals surface area (Å²) in [6.45, 7) is 10.1. The molecule has 0 saturated heterocycles. The van der Waals surface area contributed by atoms with Gasteiger partial charge in [0.05, 0.1) is 4.90 Å². The van der Waals surface area contributed by atoms with Gasteiger partial charge in [-0.25, -0.2) is 13.1 Å². The molecule has 2 N–H and O–H groups in total. The molecule has 1 atom stereocenters. The van der Waals surface area contributed by atoms with Crippen LogP contribution >= 0.6 is 0 Å². The van der Waals surface area contributed by atoms with E-state index >= 15 is 0 Å². The van der Waals surface area contributed by atoms with Crippen molar-refractivity contribution in [2.45, 2.75) is 76.2 Å². The highest BCUT2D eigenvalue weighted by Crippen LogP contribution is 2.38. The number of aromatic nitrogens is 2. The van der Waals surface area contributed by atoms with Crippen molar-refractivity contribution in [2.24, 2.45) is 5.92 Å². The van der Waals surface area contributed by atoms with Gasteiger partial charge in [0.25, 0.3) is 0 Å². The fourth-order valence-electron chi connectivity index (χ4n) is 3.16. The molecule has 1 fully saturated rings. The summed E-state index contributed by atoms with van der Waals surface area (Å²) >= 11 is 0. The Labute approximate surface area is 184 Å². The maximum absolute atomic E-state index is 12.5. The summed E-state index contributed by atoms with van der Waals surface area (Å²) in [5.74, 6) is 1.22. The molecule has 3 rings (SSSR count). The first-order valence-corrected chi connectivity index (χ1v) is 12.2. The van der Waals surface area contributed by atoms with Crippen molar-refractivity contribution in [1.82, 2.24) is 20.2 Å². The molecule has 0 aliphatic heterocycles. The lowest BCUT2D eigenvalue weighted by Crippen LogP contribution is -2.35. The third kappa shape index (κ3) is 6.13. The minimum absolute atomic E-state index is 0.00282. The molecule has 1 aliphatic carbocycles. The van der Waals surface area contributed by atoms with Crippen molar-refractivity contribution < 1.29 is 17.7 Å². The minimum atomic E-state index is -3.69. The molecule has 31 heavy (non-hydrogen) atoms. The van der Waals surface area contributed by atoms with Gasteiger partial charge in [0.15, 0.2) is 5.82 Å². The lowest BCUT2D eigenvalue weighted by atomic mass is 9.87. The van der Waals surface area contributed by atoms with E-state index in [4.69, 9.17) is 4.52 Å². The molecule has 1 amide bonds. The van der Waals surface area contributed by atoms with E-state index in [1.54, 1.807) is 12.1 Å². The lowest BCUT2D eigenvalue weighted by molar-refractivity contribution is -0.122. The van der Waals surface area contributed by atoms with E-state index in [-0.39, 0.29) is 35.1 Å². The molecule has 8 nitrogen and oxygen atoms in total. The van der Waals surface area contributed by atoms with Gasteiger partial charge in [-0.2, -0.15) is 4.98 Å². The number of amides is 1. The zero-order valence-electron chi connectivity index (χ0n) is 18.8. The Morgan fingerprint density at radius 1 is 1.19 bits per heavy atom. The van der Waals surface area contributed by atoms with Gasteiger partial charge < -0.3 is 9.84 Å². The zero-order chi connectivity index (χ0) is 22.8. The normalized spacial score (nSPS) is 15.8. The average Bonchev–Trinajstić information content (AvgIpc) is 3.42. The molecule has 1 aliphatic rings. The number of hydrogen-bond donors (Lipinski definition) is 2. The average molecular weight is 449 g/mol. The van der Waals surface area contributed by atoms with Crippen molar-refractivity contribution in [2.75, 3.05) is 6.54 Å². The zero-order valence-corrected chi connectivity index (χ0v) is 19.6. The van der Waals surface area contributed by atoms with Crippen molar-refractivity contribution in [1.29, 1.82) is 0 Å². The van der Waals surface area contributed by atoms with Crippen LogP contribution in [0.15, 0.2) is 33.7 Å². The van der Waals surface area contributed by atoms with Crippen LogP contribution in [0.3, 0.4) is 0 Å². The highest BCUT2D eigenvalue weighted by Gasteiger charge is 2.31. The molecule has 1 unspecified atom stereocenters. The Kier molecular flexibility index (Phi) is 6.85. The van der Waals surface area contributed by atoms with Crippen LogP contribution in [-0.4, -0.2) is 31.0 Å². The van der Waals surface area contributed by atoms with Gasteiger partial charge in [0, 0.05) is 18.9 Å². The van der Waals surface area contributed by atoms with Gasteiger partial charge in [-0.05, 0) is 41.9 Å². The summed E-state index contributed by atoms with van der Waals surface area (Å²) in [6, 6.07) is 6.40. The Bertz CT molecular complexity index is 1000.